The molecule has 1 aromatic heterocycles. The number of anilines is 2. The smallest absolute Gasteiger partial charge is 0.138 e. The summed E-state index contributed by atoms with van der Waals surface area (Å²) >= 11 is 0. The SMILES string of the molecule is COC1CN(c2cc(N)nc(C(C)(C)C)n2)CCC1C. The summed E-state index contributed by atoms with van der Waals surface area (Å²) in [5.41, 5.74) is 5.84. The van der Waals surface area contributed by atoms with Crippen LogP contribution in [0, 0.1) is 5.92 Å². The molecule has 2 atom stereocenters. The lowest BCUT2D eigenvalue weighted by Crippen LogP contribution is -2.44. The molecule has 1 saturated heterocycles. The summed E-state index contributed by atoms with van der Waals surface area (Å²) in [5, 5.41) is 0. The molecule has 0 spiro atoms. The van der Waals surface area contributed by atoms with Gasteiger partial charge in [-0.25, -0.2) is 9.97 Å². The second-order valence-electron chi connectivity index (χ2n) is 6.71. The molecule has 2 heterocycles. The van der Waals surface area contributed by atoms with Crippen LogP contribution in [0.25, 0.3) is 0 Å². The zero-order chi connectivity index (χ0) is 14.9. The molecule has 0 amide bonds. The molecule has 1 aromatic rings. The van der Waals surface area contributed by atoms with Crippen molar-refractivity contribution >= 4 is 11.6 Å². The second kappa shape index (κ2) is 5.56. The van der Waals surface area contributed by atoms with E-state index in [0.29, 0.717) is 11.7 Å². The maximum atomic E-state index is 5.95. The molecule has 112 valence electrons. The quantitative estimate of drug-likeness (QED) is 0.898. The Morgan fingerprint density at radius 2 is 2.05 bits per heavy atom. The number of hydrogen-bond donors (Lipinski definition) is 1. The summed E-state index contributed by atoms with van der Waals surface area (Å²) in [6, 6.07) is 1.86. The number of methoxy groups -OCH3 is 1. The summed E-state index contributed by atoms with van der Waals surface area (Å²) in [6.07, 6.45) is 1.35. The molecular formula is C15H26N4O. The monoisotopic (exact) mass is 278 g/mol. The summed E-state index contributed by atoms with van der Waals surface area (Å²) in [6.45, 7) is 10.4. The highest BCUT2D eigenvalue weighted by atomic mass is 16.5. The molecule has 1 fully saturated rings. The van der Waals surface area contributed by atoms with Crippen LogP contribution < -0.4 is 10.6 Å². The minimum atomic E-state index is -0.103. The highest BCUT2D eigenvalue weighted by molar-refractivity contribution is 5.48. The Kier molecular flexibility index (Phi) is 4.18. The lowest BCUT2D eigenvalue weighted by molar-refractivity contribution is 0.0496. The first-order chi connectivity index (χ1) is 9.31. The summed E-state index contributed by atoms with van der Waals surface area (Å²) in [4.78, 5) is 11.3. The van der Waals surface area contributed by atoms with Gasteiger partial charge in [0.1, 0.15) is 17.5 Å². The molecule has 0 aliphatic carbocycles. The molecule has 20 heavy (non-hydrogen) atoms. The number of nitrogen functional groups attached to an aromatic ring is 1. The molecule has 0 bridgehead atoms. The van der Waals surface area contributed by atoms with Gasteiger partial charge in [-0.2, -0.15) is 0 Å². The van der Waals surface area contributed by atoms with Crippen LogP contribution in [0.1, 0.15) is 39.9 Å². The van der Waals surface area contributed by atoms with Crippen LogP contribution in [-0.2, 0) is 10.2 Å². The molecule has 1 aliphatic rings. The van der Waals surface area contributed by atoms with E-state index in [1.165, 1.54) is 0 Å². The number of nitrogens with zero attached hydrogens (tertiary/aromatic N) is 3. The maximum Gasteiger partial charge on any atom is 0.138 e. The first-order valence-electron chi connectivity index (χ1n) is 7.24. The van der Waals surface area contributed by atoms with Crippen molar-refractivity contribution in [2.75, 3.05) is 30.8 Å². The lowest BCUT2D eigenvalue weighted by Gasteiger charge is -2.37. The van der Waals surface area contributed by atoms with Gasteiger partial charge in [0.25, 0.3) is 0 Å². The van der Waals surface area contributed by atoms with E-state index < -0.39 is 0 Å². The van der Waals surface area contributed by atoms with E-state index in [9.17, 15) is 0 Å². The van der Waals surface area contributed by atoms with Crippen LogP contribution >= 0.6 is 0 Å². The zero-order valence-corrected chi connectivity index (χ0v) is 13.2. The third kappa shape index (κ3) is 3.20. The first-order valence-corrected chi connectivity index (χ1v) is 7.24. The number of nitrogens with two attached hydrogens (primary N) is 1. The fourth-order valence-electron chi connectivity index (χ4n) is 2.50. The predicted molar refractivity (Wildman–Crippen MR) is 81.9 cm³/mol. The Hall–Kier alpha value is -1.36. The number of rotatable bonds is 2. The molecular weight excluding hydrogens is 252 g/mol. The van der Waals surface area contributed by atoms with Gasteiger partial charge in [0, 0.05) is 31.7 Å². The Bertz CT molecular complexity index is 469. The molecule has 0 radical (unpaired) electrons. The van der Waals surface area contributed by atoms with Crippen LogP contribution in [-0.4, -0.2) is 36.3 Å². The Morgan fingerprint density at radius 1 is 1.35 bits per heavy atom. The highest BCUT2D eigenvalue weighted by Gasteiger charge is 2.28. The van der Waals surface area contributed by atoms with Crippen LogP contribution in [0.5, 0.6) is 0 Å². The molecule has 2 N–H and O–H groups in total. The molecule has 5 heteroatoms. The normalized spacial score (nSPS) is 23.9. The van der Waals surface area contributed by atoms with E-state index >= 15 is 0 Å². The van der Waals surface area contributed by atoms with Crippen LogP contribution in [0.3, 0.4) is 0 Å². The third-order valence-corrected chi connectivity index (χ3v) is 3.92. The van der Waals surface area contributed by atoms with Crippen molar-refractivity contribution in [1.82, 2.24) is 9.97 Å². The summed E-state index contributed by atoms with van der Waals surface area (Å²) in [7, 11) is 1.78. The van der Waals surface area contributed by atoms with Crippen LogP contribution in [0.15, 0.2) is 6.07 Å². The average Bonchev–Trinajstić information content (AvgIpc) is 2.37. The van der Waals surface area contributed by atoms with Gasteiger partial charge >= 0.3 is 0 Å². The van der Waals surface area contributed by atoms with Gasteiger partial charge in [-0.3, -0.25) is 0 Å². The number of piperidine rings is 1. The van der Waals surface area contributed by atoms with E-state index in [4.69, 9.17) is 15.5 Å². The average molecular weight is 278 g/mol. The highest BCUT2D eigenvalue weighted by Crippen LogP contribution is 2.27. The first kappa shape index (κ1) is 15.0. The minimum absolute atomic E-state index is 0.103. The lowest BCUT2D eigenvalue weighted by atomic mass is 9.95. The minimum Gasteiger partial charge on any atom is -0.384 e. The van der Waals surface area contributed by atoms with E-state index in [1.807, 2.05) is 6.07 Å². The predicted octanol–water partition coefficient (Wildman–Crippen LogP) is 2.22. The van der Waals surface area contributed by atoms with Gasteiger partial charge in [-0.15, -0.1) is 0 Å². The van der Waals surface area contributed by atoms with E-state index in [-0.39, 0.29) is 11.5 Å². The Morgan fingerprint density at radius 3 is 2.65 bits per heavy atom. The van der Waals surface area contributed by atoms with Crippen molar-refractivity contribution in [3.8, 4) is 0 Å². The van der Waals surface area contributed by atoms with Gasteiger partial charge < -0.3 is 15.4 Å². The van der Waals surface area contributed by atoms with Crippen molar-refractivity contribution in [2.45, 2.75) is 45.6 Å². The largest absolute Gasteiger partial charge is 0.384 e. The van der Waals surface area contributed by atoms with Crippen LogP contribution in [0.4, 0.5) is 11.6 Å². The van der Waals surface area contributed by atoms with Crippen molar-refractivity contribution in [3.05, 3.63) is 11.9 Å². The van der Waals surface area contributed by atoms with Crippen LogP contribution in [0.2, 0.25) is 0 Å². The van der Waals surface area contributed by atoms with Gasteiger partial charge in [0.15, 0.2) is 0 Å². The molecule has 2 unspecified atom stereocenters. The molecule has 2 rings (SSSR count). The second-order valence-corrected chi connectivity index (χ2v) is 6.71. The Labute approximate surface area is 121 Å². The van der Waals surface area contributed by atoms with Gasteiger partial charge in [-0.1, -0.05) is 27.7 Å². The third-order valence-electron chi connectivity index (χ3n) is 3.92. The van der Waals surface area contributed by atoms with E-state index in [0.717, 1.165) is 31.2 Å². The topological polar surface area (TPSA) is 64.3 Å². The summed E-state index contributed by atoms with van der Waals surface area (Å²) in [5.74, 6) is 2.82. The van der Waals surface area contributed by atoms with Crippen molar-refractivity contribution in [2.24, 2.45) is 5.92 Å². The molecule has 0 saturated carbocycles. The summed E-state index contributed by atoms with van der Waals surface area (Å²) < 4.78 is 5.57. The molecule has 0 aromatic carbocycles. The van der Waals surface area contributed by atoms with Gasteiger partial charge in [-0.05, 0) is 12.3 Å². The standard InChI is InChI=1S/C15H26N4O/c1-10-6-7-19(9-11(10)20-5)13-8-12(16)17-14(18-13)15(2,3)4/h8,10-11H,6-7,9H2,1-5H3,(H2,16,17,18). The molecule has 5 nitrogen and oxygen atoms in total. The maximum absolute atomic E-state index is 5.95. The number of aromatic nitrogens is 2. The van der Waals surface area contributed by atoms with Gasteiger partial charge in [0.05, 0.1) is 6.10 Å². The number of ether oxygens (including phenoxy) is 1. The van der Waals surface area contributed by atoms with E-state index in [2.05, 4.69) is 37.6 Å². The van der Waals surface area contributed by atoms with E-state index in [1.54, 1.807) is 7.11 Å². The Balaban J connectivity index is 2.27. The van der Waals surface area contributed by atoms with Crippen molar-refractivity contribution in [1.29, 1.82) is 0 Å². The van der Waals surface area contributed by atoms with Gasteiger partial charge in [0.2, 0.25) is 0 Å². The fraction of sp³-hybridized carbons (Fsp3) is 0.733. The van der Waals surface area contributed by atoms with Crippen molar-refractivity contribution < 1.29 is 4.74 Å². The number of hydrogen-bond acceptors (Lipinski definition) is 5. The molecule has 1 aliphatic heterocycles. The van der Waals surface area contributed by atoms with Crippen molar-refractivity contribution in [3.63, 3.8) is 0 Å². The zero-order valence-electron chi connectivity index (χ0n) is 13.2. The fourth-order valence-corrected chi connectivity index (χ4v) is 2.50.